The Balaban J connectivity index is 3.61. The molecule has 0 spiro atoms. The van der Waals surface area contributed by atoms with Crippen LogP contribution < -0.4 is 9.86 Å². The van der Waals surface area contributed by atoms with Gasteiger partial charge in [-0.05, 0) is 0 Å². The van der Waals surface area contributed by atoms with Crippen molar-refractivity contribution in [3.63, 3.8) is 0 Å². The highest BCUT2D eigenvalue weighted by Crippen LogP contribution is 2.17. The molecule has 8 heteroatoms. The van der Waals surface area contributed by atoms with Crippen molar-refractivity contribution in [2.24, 2.45) is 5.14 Å². The highest BCUT2D eigenvalue weighted by molar-refractivity contribution is 7.87. The minimum absolute atomic E-state index is 0.720. The van der Waals surface area contributed by atoms with E-state index in [4.69, 9.17) is 0 Å². The van der Waals surface area contributed by atoms with Crippen LogP contribution in [0.1, 0.15) is 6.42 Å². The third-order valence-corrected chi connectivity index (χ3v) is 1.32. The number of alkyl halides is 3. The fraction of sp³-hybridized carbons (Fsp3) is 1.00. The van der Waals surface area contributed by atoms with E-state index >= 15 is 0 Å². The third kappa shape index (κ3) is 9.66. The van der Waals surface area contributed by atoms with E-state index in [2.05, 4.69) is 5.14 Å². The normalized spacial score (nSPS) is 13.5. The molecule has 4 nitrogen and oxygen atoms in total. The molecule has 0 aromatic heterocycles. The van der Waals surface area contributed by atoms with Crippen molar-refractivity contribution in [2.75, 3.05) is 6.54 Å². The van der Waals surface area contributed by atoms with Gasteiger partial charge in [0.25, 0.3) is 10.2 Å². The Hall–Kier alpha value is -0.340. The van der Waals surface area contributed by atoms with Crippen molar-refractivity contribution < 1.29 is 21.6 Å². The molecular formula is C3H7F3N2O2S. The van der Waals surface area contributed by atoms with Crippen molar-refractivity contribution in [1.29, 1.82) is 0 Å². The Morgan fingerprint density at radius 3 is 2.09 bits per heavy atom. The molecule has 0 fully saturated rings. The molecule has 68 valence electrons. The number of rotatable bonds is 3. The molecule has 0 saturated carbocycles. The van der Waals surface area contributed by atoms with Gasteiger partial charge in [0, 0.05) is 6.54 Å². The molecule has 0 atom stereocenters. The van der Waals surface area contributed by atoms with Crippen molar-refractivity contribution in [3.8, 4) is 0 Å². The van der Waals surface area contributed by atoms with Gasteiger partial charge in [-0.3, -0.25) is 0 Å². The third-order valence-electron chi connectivity index (χ3n) is 0.712. The number of halogens is 3. The zero-order valence-corrected chi connectivity index (χ0v) is 6.17. The molecule has 0 radical (unpaired) electrons. The summed E-state index contributed by atoms with van der Waals surface area (Å²) in [5, 5.41) is 4.36. The van der Waals surface area contributed by atoms with Crippen molar-refractivity contribution in [2.45, 2.75) is 12.6 Å². The van der Waals surface area contributed by atoms with E-state index in [1.54, 1.807) is 0 Å². The van der Waals surface area contributed by atoms with E-state index in [-0.39, 0.29) is 0 Å². The lowest BCUT2D eigenvalue weighted by Gasteiger charge is -2.04. The van der Waals surface area contributed by atoms with Crippen LogP contribution in [-0.2, 0) is 10.2 Å². The monoisotopic (exact) mass is 192 g/mol. The second kappa shape index (κ2) is 3.37. The predicted octanol–water partition coefficient (Wildman–Crippen LogP) is -0.268. The molecule has 0 aromatic carbocycles. The second-order valence-corrected chi connectivity index (χ2v) is 3.18. The molecule has 0 aliphatic heterocycles. The van der Waals surface area contributed by atoms with Crippen LogP contribution in [0.25, 0.3) is 0 Å². The zero-order valence-electron chi connectivity index (χ0n) is 5.35. The number of hydrogen-bond acceptors (Lipinski definition) is 2. The summed E-state index contributed by atoms with van der Waals surface area (Å²) >= 11 is 0. The van der Waals surface area contributed by atoms with Crippen LogP contribution in [0.3, 0.4) is 0 Å². The molecular weight excluding hydrogens is 185 g/mol. The number of nitrogens with one attached hydrogen (secondary N) is 1. The highest BCUT2D eigenvalue weighted by Gasteiger charge is 2.26. The fourth-order valence-electron chi connectivity index (χ4n) is 0.335. The summed E-state index contributed by atoms with van der Waals surface area (Å²) < 4.78 is 55.6. The molecule has 11 heavy (non-hydrogen) atoms. The summed E-state index contributed by atoms with van der Waals surface area (Å²) in [6, 6.07) is 0. The molecule has 0 rings (SSSR count). The first kappa shape index (κ1) is 10.7. The van der Waals surface area contributed by atoms with E-state index in [1.165, 1.54) is 4.72 Å². The first-order valence-electron chi connectivity index (χ1n) is 2.55. The Labute approximate surface area is 61.8 Å². The van der Waals surface area contributed by atoms with Crippen molar-refractivity contribution >= 4 is 10.2 Å². The van der Waals surface area contributed by atoms with E-state index in [0.717, 1.165) is 0 Å². The lowest BCUT2D eigenvalue weighted by molar-refractivity contribution is -0.132. The maximum atomic E-state index is 11.4. The standard InChI is InChI=1S/C3H7F3N2O2S/c4-3(5,6)1-2-8-11(7,9)10/h8H,1-2H2,(H2,7,9,10). The number of nitrogens with two attached hydrogens (primary N) is 1. The van der Waals surface area contributed by atoms with E-state index in [9.17, 15) is 21.6 Å². The minimum atomic E-state index is -4.36. The first-order valence-corrected chi connectivity index (χ1v) is 4.09. The van der Waals surface area contributed by atoms with Gasteiger partial charge in [-0.25, -0.2) is 9.86 Å². The lowest BCUT2D eigenvalue weighted by Crippen LogP contribution is -2.33. The fourth-order valence-corrected chi connectivity index (χ4v) is 0.722. The molecule has 0 heterocycles. The lowest BCUT2D eigenvalue weighted by atomic mass is 10.4. The van der Waals surface area contributed by atoms with E-state index in [1.807, 2.05) is 0 Å². The van der Waals surface area contributed by atoms with E-state index in [0.29, 0.717) is 0 Å². The van der Waals surface area contributed by atoms with Gasteiger partial charge in [0.1, 0.15) is 0 Å². The van der Waals surface area contributed by atoms with Gasteiger partial charge in [0.2, 0.25) is 0 Å². The molecule has 0 bridgehead atoms. The van der Waals surface area contributed by atoms with Gasteiger partial charge in [-0.1, -0.05) is 0 Å². The highest BCUT2D eigenvalue weighted by atomic mass is 32.2. The predicted molar refractivity (Wildman–Crippen MR) is 31.8 cm³/mol. The molecule has 0 saturated heterocycles. The summed E-state index contributed by atoms with van der Waals surface area (Å²) in [7, 11) is -4.00. The van der Waals surface area contributed by atoms with Gasteiger partial charge in [-0.2, -0.15) is 21.6 Å². The maximum Gasteiger partial charge on any atom is 0.390 e. The van der Waals surface area contributed by atoms with Gasteiger partial charge in [0.15, 0.2) is 0 Å². The van der Waals surface area contributed by atoms with Crippen molar-refractivity contribution in [3.05, 3.63) is 0 Å². The topological polar surface area (TPSA) is 72.2 Å². The maximum absolute atomic E-state index is 11.4. The quantitative estimate of drug-likeness (QED) is 0.646. The average molecular weight is 192 g/mol. The van der Waals surface area contributed by atoms with Crippen LogP contribution in [0.15, 0.2) is 0 Å². The minimum Gasteiger partial charge on any atom is -0.216 e. The van der Waals surface area contributed by atoms with Crippen LogP contribution >= 0.6 is 0 Å². The summed E-state index contributed by atoms with van der Waals surface area (Å²) in [6.45, 7) is -0.720. The van der Waals surface area contributed by atoms with Gasteiger partial charge < -0.3 is 0 Å². The summed E-state index contributed by atoms with van der Waals surface area (Å²) in [6.07, 6.45) is -5.58. The Morgan fingerprint density at radius 2 is 1.82 bits per heavy atom. The number of hydrogen-bond donors (Lipinski definition) is 2. The van der Waals surface area contributed by atoms with Gasteiger partial charge in [0.05, 0.1) is 6.42 Å². The molecule has 0 aliphatic rings. The molecule has 0 aromatic rings. The summed E-state index contributed by atoms with van der Waals surface area (Å²) in [4.78, 5) is 0. The first-order chi connectivity index (χ1) is 4.71. The second-order valence-electron chi connectivity index (χ2n) is 1.80. The largest absolute Gasteiger partial charge is 0.390 e. The molecule has 0 amide bonds. The van der Waals surface area contributed by atoms with Crippen LogP contribution in [0, 0.1) is 0 Å². The zero-order chi connectivity index (χ0) is 9.12. The molecule has 0 unspecified atom stereocenters. The molecule has 3 N–H and O–H groups in total. The van der Waals surface area contributed by atoms with Gasteiger partial charge in [-0.15, -0.1) is 0 Å². The Morgan fingerprint density at radius 1 is 1.36 bits per heavy atom. The van der Waals surface area contributed by atoms with Crippen LogP contribution in [0.4, 0.5) is 13.2 Å². The average Bonchev–Trinajstić information content (AvgIpc) is 1.55. The van der Waals surface area contributed by atoms with E-state index < -0.39 is 29.4 Å². The van der Waals surface area contributed by atoms with Crippen molar-refractivity contribution in [1.82, 2.24) is 4.72 Å². The SMILES string of the molecule is NS(=O)(=O)NCCC(F)(F)F. The summed E-state index contributed by atoms with van der Waals surface area (Å²) in [5.41, 5.74) is 0. The smallest absolute Gasteiger partial charge is 0.216 e. The van der Waals surface area contributed by atoms with Crippen LogP contribution in [0.2, 0.25) is 0 Å². The Kier molecular flexibility index (Phi) is 3.27. The Bertz CT molecular complexity index is 209. The van der Waals surface area contributed by atoms with Crippen LogP contribution in [0.5, 0.6) is 0 Å². The molecule has 0 aliphatic carbocycles. The van der Waals surface area contributed by atoms with Crippen LogP contribution in [-0.4, -0.2) is 21.1 Å². The summed E-state index contributed by atoms with van der Waals surface area (Å²) in [5.74, 6) is 0. The van der Waals surface area contributed by atoms with Gasteiger partial charge >= 0.3 is 6.18 Å².